The van der Waals surface area contributed by atoms with Gasteiger partial charge >= 0.3 is 0 Å². The van der Waals surface area contributed by atoms with Crippen LogP contribution in [0.5, 0.6) is 0 Å². The second-order valence-corrected chi connectivity index (χ2v) is 4.66. The first-order valence-corrected chi connectivity index (χ1v) is 6.34. The molecule has 5 heteroatoms. The lowest BCUT2D eigenvalue weighted by molar-refractivity contribution is 0.628. The molecule has 0 spiro atoms. The van der Waals surface area contributed by atoms with Crippen LogP contribution in [0.2, 0.25) is 0 Å². The van der Waals surface area contributed by atoms with Crippen LogP contribution in [0.3, 0.4) is 0 Å². The van der Waals surface area contributed by atoms with Crippen LogP contribution in [-0.4, -0.2) is 17.0 Å². The van der Waals surface area contributed by atoms with E-state index in [0.717, 1.165) is 17.2 Å². The van der Waals surface area contributed by atoms with Crippen molar-refractivity contribution >= 4 is 17.5 Å². The summed E-state index contributed by atoms with van der Waals surface area (Å²) in [6.07, 6.45) is 2.38. The van der Waals surface area contributed by atoms with Crippen molar-refractivity contribution in [1.82, 2.24) is 9.97 Å². The van der Waals surface area contributed by atoms with E-state index in [0.29, 0.717) is 11.9 Å². The van der Waals surface area contributed by atoms with Gasteiger partial charge in [0.2, 0.25) is 5.95 Å². The highest BCUT2D eigenvalue weighted by Crippen LogP contribution is 2.40. The molecule has 1 heterocycles. The number of halogens is 1. The van der Waals surface area contributed by atoms with E-state index in [4.69, 9.17) is 0 Å². The number of anilines is 3. The Morgan fingerprint density at radius 2 is 1.89 bits per heavy atom. The quantitative estimate of drug-likeness (QED) is 0.883. The Kier molecular flexibility index (Phi) is 3.03. The second kappa shape index (κ2) is 4.84. The SMILES string of the molecule is CNc1nc(Nc2ccc(F)cc2)cc(C2CC2)n1. The molecule has 0 atom stereocenters. The predicted octanol–water partition coefficient (Wildman–Crippen LogP) is 3.28. The third-order valence-electron chi connectivity index (χ3n) is 3.08. The van der Waals surface area contributed by atoms with Crippen LogP contribution in [0.25, 0.3) is 0 Å². The normalized spacial score (nSPS) is 14.2. The Bertz CT molecular complexity index is 578. The summed E-state index contributed by atoms with van der Waals surface area (Å²) in [4.78, 5) is 8.80. The van der Waals surface area contributed by atoms with Crippen molar-refractivity contribution < 1.29 is 4.39 Å². The molecule has 1 fully saturated rings. The molecule has 4 nitrogen and oxygen atoms in total. The van der Waals surface area contributed by atoms with E-state index < -0.39 is 0 Å². The molecule has 1 aliphatic rings. The number of benzene rings is 1. The van der Waals surface area contributed by atoms with Gasteiger partial charge in [0, 0.05) is 24.7 Å². The van der Waals surface area contributed by atoms with E-state index in [-0.39, 0.29) is 5.82 Å². The molecule has 3 rings (SSSR count). The fourth-order valence-corrected chi connectivity index (χ4v) is 1.91. The van der Waals surface area contributed by atoms with Crippen molar-refractivity contribution in [3.05, 3.63) is 41.8 Å². The lowest BCUT2D eigenvalue weighted by atomic mass is 10.2. The van der Waals surface area contributed by atoms with Gasteiger partial charge in [0.25, 0.3) is 0 Å². The molecule has 1 aromatic heterocycles. The fraction of sp³-hybridized carbons (Fsp3) is 0.286. The number of nitrogens with one attached hydrogen (secondary N) is 2. The Morgan fingerprint density at radius 1 is 1.16 bits per heavy atom. The zero-order valence-electron chi connectivity index (χ0n) is 10.7. The largest absolute Gasteiger partial charge is 0.357 e. The number of rotatable bonds is 4. The highest BCUT2D eigenvalue weighted by Gasteiger charge is 2.26. The lowest BCUT2D eigenvalue weighted by Crippen LogP contribution is -2.03. The first-order chi connectivity index (χ1) is 9.24. The maximum Gasteiger partial charge on any atom is 0.224 e. The van der Waals surface area contributed by atoms with Gasteiger partial charge in [-0.2, -0.15) is 4.98 Å². The molecule has 0 radical (unpaired) electrons. The smallest absolute Gasteiger partial charge is 0.224 e. The van der Waals surface area contributed by atoms with Crippen LogP contribution in [0.15, 0.2) is 30.3 Å². The summed E-state index contributed by atoms with van der Waals surface area (Å²) >= 11 is 0. The molecule has 19 heavy (non-hydrogen) atoms. The van der Waals surface area contributed by atoms with Gasteiger partial charge in [-0.3, -0.25) is 0 Å². The van der Waals surface area contributed by atoms with Gasteiger partial charge in [0.05, 0.1) is 5.69 Å². The first kappa shape index (κ1) is 11.9. The van der Waals surface area contributed by atoms with Crippen LogP contribution in [0.4, 0.5) is 21.8 Å². The molecule has 0 bridgehead atoms. The number of aromatic nitrogens is 2. The maximum atomic E-state index is 12.9. The average molecular weight is 258 g/mol. The van der Waals surface area contributed by atoms with E-state index in [1.54, 1.807) is 19.2 Å². The minimum atomic E-state index is -0.247. The van der Waals surface area contributed by atoms with Crippen LogP contribution in [-0.2, 0) is 0 Å². The highest BCUT2D eigenvalue weighted by atomic mass is 19.1. The highest BCUT2D eigenvalue weighted by molar-refractivity contribution is 5.57. The molecular weight excluding hydrogens is 243 g/mol. The van der Waals surface area contributed by atoms with E-state index >= 15 is 0 Å². The average Bonchev–Trinajstić information content (AvgIpc) is 3.25. The summed E-state index contributed by atoms with van der Waals surface area (Å²) in [5.41, 5.74) is 1.87. The third kappa shape index (κ3) is 2.81. The van der Waals surface area contributed by atoms with Gasteiger partial charge in [-0.1, -0.05) is 0 Å². The minimum absolute atomic E-state index is 0.247. The molecule has 1 saturated carbocycles. The molecule has 0 unspecified atom stereocenters. The van der Waals surface area contributed by atoms with Gasteiger partial charge in [0.15, 0.2) is 0 Å². The lowest BCUT2D eigenvalue weighted by Gasteiger charge is -2.09. The number of hydrogen-bond donors (Lipinski definition) is 2. The van der Waals surface area contributed by atoms with Crippen LogP contribution >= 0.6 is 0 Å². The summed E-state index contributed by atoms with van der Waals surface area (Å²) in [5.74, 6) is 1.65. The van der Waals surface area contributed by atoms with Crippen molar-refractivity contribution in [3.63, 3.8) is 0 Å². The minimum Gasteiger partial charge on any atom is -0.357 e. The molecule has 98 valence electrons. The molecule has 1 aliphatic carbocycles. The molecule has 2 N–H and O–H groups in total. The van der Waals surface area contributed by atoms with Crippen molar-refractivity contribution in [2.75, 3.05) is 17.7 Å². The van der Waals surface area contributed by atoms with Gasteiger partial charge in [0.1, 0.15) is 11.6 Å². The fourth-order valence-electron chi connectivity index (χ4n) is 1.91. The van der Waals surface area contributed by atoms with Gasteiger partial charge in [-0.15, -0.1) is 0 Å². The second-order valence-electron chi connectivity index (χ2n) is 4.66. The first-order valence-electron chi connectivity index (χ1n) is 6.34. The van der Waals surface area contributed by atoms with Crippen LogP contribution < -0.4 is 10.6 Å². The molecular formula is C14H15FN4. The van der Waals surface area contributed by atoms with Crippen LogP contribution in [0.1, 0.15) is 24.5 Å². The molecule has 0 saturated heterocycles. The van der Waals surface area contributed by atoms with E-state index in [1.807, 2.05) is 6.07 Å². The van der Waals surface area contributed by atoms with Crippen LogP contribution in [0, 0.1) is 5.82 Å². The third-order valence-corrected chi connectivity index (χ3v) is 3.08. The van der Waals surface area contributed by atoms with Crippen molar-refractivity contribution in [2.45, 2.75) is 18.8 Å². The summed E-state index contributed by atoms with van der Waals surface area (Å²) in [6, 6.07) is 8.18. The van der Waals surface area contributed by atoms with Gasteiger partial charge < -0.3 is 10.6 Å². The topological polar surface area (TPSA) is 49.8 Å². The van der Waals surface area contributed by atoms with Crippen molar-refractivity contribution in [2.24, 2.45) is 0 Å². The van der Waals surface area contributed by atoms with E-state index in [1.165, 1.54) is 25.0 Å². The maximum absolute atomic E-state index is 12.9. The molecule has 1 aromatic carbocycles. The summed E-state index contributed by atoms with van der Waals surface area (Å²) in [6.45, 7) is 0. The molecule has 2 aromatic rings. The predicted molar refractivity (Wildman–Crippen MR) is 73.2 cm³/mol. The Hall–Kier alpha value is -2.17. The van der Waals surface area contributed by atoms with Crippen molar-refractivity contribution in [1.29, 1.82) is 0 Å². The Morgan fingerprint density at radius 3 is 2.53 bits per heavy atom. The van der Waals surface area contributed by atoms with E-state index in [2.05, 4.69) is 20.6 Å². The number of hydrogen-bond acceptors (Lipinski definition) is 4. The zero-order chi connectivity index (χ0) is 13.2. The Balaban J connectivity index is 1.86. The summed E-state index contributed by atoms with van der Waals surface area (Å²) < 4.78 is 12.9. The standard InChI is InChI=1S/C14H15FN4/c1-16-14-18-12(9-2-3-9)8-13(19-14)17-11-6-4-10(15)5-7-11/h4-9H,2-3H2,1H3,(H2,16,17,18,19). The van der Waals surface area contributed by atoms with Gasteiger partial charge in [-0.05, 0) is 37.1 Å². The summed E-state index contributed by atoms with van der Waals surface area (Å²) in [7, 11) is 1.80. The Labute approximate surface area is 111 Å². The van der Waals surface area contributed by atoms with Crippen molar-refractivity contribution in [3.8, 4) is 0 Å². The zero-order valence-corrected chi connectivity index (χ0v) is 10.7. The number of nitrogens with zero attached hydrogens (tertiary/aromatic N) is 2. The molecule has 0 aliphatic heterocycles. The monoisotopic (exact) mass is 258 g/mol. The van der Waals surface area contributed by atoms with E-state index in [9.17, 15) is 4.39 Å². The summed E-state index contributed by atoms with van der Waals surface area (Å²) in [5, 5.41) is 6.13. The van der Waals surface area contributed by atoms with Gasteiger partial charge in [-0.25, -0.2) is 9.37 Å². The molecule has 0 amide bonds.